The molecule has 2 rings (SSSR count). The number of carbonyl (C=O) groups excluding carboxylic acids is 2. The summed E-state index contributed by atoms with van der Waals surface area (Å²) in [5.41, 5.74) is 1.38. The second kappa shape index (κ2) is 9.53. The van der Waals surface area contributed by atoms with Crippen LogP contribution >= 0.6 is 0 Å². The SMILES string of the molecule is CC(C)CCNC(=O)Nc1ccc(C(=O)CN2CCN(C)CC2)cc1. The number of carbonyl (C=O) groups is 2. The fourth-order valence-corrected chi connectivity index (χ4v) is 2.69. The number of nitrogens with one attached hydrogen (secondary N) is 2. The molecule has 1 saturated heterocycles. The number of Topliss-reactive ketones (excluding diaryl/α,β-unsaturated/α-hetero) is 1. The van der Waals surface area contributed by atoms with E-state index in [0.717, 1.165) is 32.6 Å². The predicted molar refractivity (Wildman–Crippen MR) is 101 cm³/mol. The van der Waals surface area contributed by atoms with Gasteiger partial charge in [0.05, 0.1) is 6.54 Å². The number of piperazine rings is 1. The lowest BCUT2D eigenvalue weighted by Crippen LogP contribution is -2.46. The van der Waals surface area contributed by atoms with Crippen LogP contribution in [-0.4, -0.2) is 67.9 Å². The van der Waals surface area contributed by atoms with Crippen LogP contribution in [0.2, 0.25) is 0 Å². The van der Waals surface area contributed by atoms with E-state index >= 15 is 0 Å². The van der Waals surface area contributed by atoms with Gasteiger partial charge in [0, 0.05) is 44.0 Å². The molecule has 0 bridgehead atoms. The Morgan fingerprint density at radius 1 is 1.08 bits per heavy atom. The average molecular weight is 346 g/mol. The maximum atomic E-state index is 12.4. The number of nitrogens with zero attached hydrogens (tertiary/aromatic N) is 2. The maximum Gasteiger partial charge on any atom is 0.319 e. The minimum absolute atomic E-state index is 0.123. The zero-order chi connectivity index (χ0) is 18.2. The van der Waals surface area contributed by atoms with E-state index in [1.807, 2.05) is 0 Å². The van der Waals surface area contributed by atoms with Gasteiger partial charge < -0.3 is 15.5 Å². The van der Waals surface area contributed by atoms with Gasteiger partial charge in [0.25, 0.3) is 0 Å². The highest BCUT2D eigenvalue weighted by Crippen LogP contribution is 2.11. The first-order chi connectivity index (χ1) is 11.9. The molecule has 1 aliphatic heterocycles. The fraction of sp³-hybridized carbons (Fsp3) is 0.579. The maximum absolute atomic E-state index is 12.4. The van der Waals surface area contributed by atoms with E-state index in [-0.39, 0.29) is 11.8 Å². The van der Waals surface area contributed by atoms with Crippen LogP contribution in [0.1, 0.15) is 30.6 Å². The molecule has 0 aromatic heterocycles. The lowest BCUT2D eigenvalue weighted by atomic mass is 10.1. The summed E-state index contributed by atoms with van der Waals surface area (Å²) in [5.74, 6) is 0.684. The Morgan fingerprint density at radius 2 is 1.72 bits per heavy atom. The Morgan fingerprint density at radius 3 is 2.32 bits per heavy atom. The Kier molecular flexibility index (Phi) is 7.40. The Balaban J connectivity index is 1.78. The van der Waals surface area contributed by atoms with Crippen molar-refractivity contribution in [1.29, 1.82) is 0 Å². The van der Waals surface area contributed by atoms with Gasteiger partial charge >= 0.3 is 6.03 Å². The van der Waals surface area contributed by atoms with Crippen molar-refractivity contribution in [3.8, 4) is 0 Å². The van der Waals surface area contributed by atoms with Crippen molar-refractivity contribution in [2.45, 2.75) is 20.3 Å². The van der Waals surface area contributed by atoms with Crippen LogP contribution in [0.15, 0.2) is 24.3 Å². The Hall–Kier alpha value is -1.92. The molecule has 25 heavy (non-hydrogen) atoms. The molecule has 0 aliphatic carbocycles. The van der Waals surface area contributed by atoms with Gasteiger partial charge in [0.1, 0.15) is 0 Å². The van der Waals surface area contributed by atoms with Gasteiger partial charge in [-0.15, -0.1) is 0 Å². The summed E-state index contributed by atoms with van der Waals surface area (Å²) in [6, 6.07) is 6.90. The van der Waals surface area contributed by atoms with E-state index in [2.05, 4.69) is 41.3 Å². The topological polar surface area (TPSA) is 64.7 Å². The van der Waals surface area contributed by atoms with E-state index in [0.29, 0.717) is 30.3 Å². The third-order valence-corrected chi connectivity index (χ3v) is 4.44. The summed E-state index contributed by atoms with van der Waals surface area (Å²) < 4.78 is 0. The number of benzene rings is 1. The summed E-state index contributed by atoms with van der Waals surface area (Å²) in [6.45, 7) is 9.22. The van der Waals surface area contributed by atoms with Crippen LogP contribution in [0.5, 0.6) is 0 Å². The van der Waals surface area contributed by atoms with Crippen LogP contribution in [0.4, 0.5) is 10.5 Å². The van der Waals surface area contributed by atoms with E-state index < -0.39 is 0 Å². The van der Waals surface area contributed by atoms with Gasteiger partial charge in [0.2, 0.25) is 0 Å². The zero-order valence-corrected chi connectivity index (χ0v) is 15.5. The number of hydrogen-bond donors (Lipinski definition) is 2. The molecule has 1 aliphatic rings. The summed E-state index contributed by atoms with van der Waals surface area (Å²) in [4.78, 5) is 28.6. The molecular weight excluding hydrogens is 316 g/mol. The lowest BCUT2D eigenvalue weighted by molar-refractivity contribution is 0.0876. The van der Waals surface area contributed by atoms with Gasteiger partial charge in [0.15, 0.2) is 5.78 Å². The van der Waals surface area contributed by atoms with Crippen molar-refractivity contribution in [2.75, 3.05) is 51.6 Å². The number of urea groups is 1. The molecule has 2 amide bonds. The standard InChI is InChI=1S/C19H30N4O2/c1-15(2)8-9-20-19(25)21-17-6-4-16(5-7-17)18(24)14-23-12-10-22(3)11-13-23/h4-7,15H,8-14H2,1-3H3,(H2,20,21,25). The Labute approximate surface area is 150 Å². The predicted octanol–water partition coefficient (Wildman–Crippen LogP) is 2.28. The van der Waals surface area contributed by atoms with Crippen LogP contribution in [0.25, 0.3) is 0 Å². The molecule has 0 atom stereocenters. The van der Waals surface area contributed by atoms with Crippen LogP contribution in [-0.2, 0) is 0 Å². The summed E-state index contributed by atoms with van der Waals surface area (Å²) in [6.07, 6.45) is 0.952. The quantitative estimate of drug-likeness (QED) is 0.744. The van der Waals surface area contributed by atoms with E-state index in [9.17, 15) is 9.59 Å². The number of hydrogen-bond acceptors (Lipinski definition) is 4. The molecule has 0 spiro atoms. The number of ketones is 1. The molecule has 1 aromatic rings. The fourth-order valence-electron chi connectivity index (χ4n) is 2.69. The lowest BCUT2D eigenvalue weighted by Gasteiger charge is -2.31. The van der Waals surface area contributed by atoms with E-state index in [4.69, 9.17) is 0 Å². The van der Waals surface area contributed by atoms with Gasteiger partial charge in [-0.1, -0.05) is 13.8 Å². The van der Waals surface area contributed by atoms with Crippen molar-refractivity contribution in [3.63, 3.8) is 0 Å². The van der Waals surface area contributed by atoms with Crippen molar-refractivity contribution < 1.29 is 9.59 Å². The number of rotatable bonds is 7. The van der Waals surface area contributed by atoms with Gasteiger partial charge in [-0.3, -0.25) is 9.69 Å². The number of likely N-dealkylation sites (N-methyl/N-ethyl adjacent to an activating group) is 1. The minimum Gasteiger partial charge on any atom is -0.338 e. The Bertz CT molecular complexity index is 563. The first kappa shape index (κ1) is 19.4. The molecule has 6 nitrogen and oxygen atoms in total. The summed E-state index contributed by atoms with van der Waals surface area (Å²) in [5, 5.41) is 5.62. The highest BCUT2D eigenvalue weighted by Gasteiger charge is 2.17. The van der Waals surface area contributed by atoms with E-state index in [1.165, 1.54) is 0 Å². The molecule has 1 fully saturated rings. The van der Waals surface area contributed by atoms with Crippen LogP contribution < -0.4 is 10.6 Å². The third kappa shape index (κ3) is 6.84. The number of amides is 2. The third-order valence-electron chi connectivity index (χ3n) is 4.44. The molecular formula is C19H30N4O2. The van der Waals surface area contributed by atoms with Gasteiger partial charge in [-0.2, -0.15) is 0 Å². The van der Waals surface area contributed by atoms with Crippen LogP contribution in [0.3, 0.4) is 0 Å². The summed E-state index contributed by atoms with van der Waals surface area (Å²) >= 11 is 0. The number of anilines is 1. The first-order valence-electron chi connectivity index (χ1n) is 9.03. The second-order valence-electron chi connectivity index (χ2n) is 7.14. The molecule has 6 heteroatoms. The van der Waals surface area contributed by atoms with Crippen molar-refractivity contribution in [3.05, 3.63) is 29.8 Å². The minimum atomic E-state index is -0.211. The first-order valence-corrected chi connectivity index (χ1v) is 9.03. The second-order valence-corrected chi connectivity index (χ2v) is 7.14. The van der Waals surface area contributed by atoms with Gasteiger partial charge in [-0.25, -0.2) is 4.79 Å². The average Bonchev–Trinajstić information content (AvgIpc) is 2.57. The van der Waals surface area contributed by atoms with Crippen molar-refractivity contribution in [2.24, 2.45) is 5.92 Å². The van der Waals surface area contributed by atoms with Gasteiger partial charge in [-0.05, 0) is 43.7 Å². The van der Waals surface area contributed by atoms with E-state index in [1.54, 1.807) is 24.3 Å². The molecule has 1 aromatic carbocycles. The normalized spacial score (nSPS) is 16.0. The smallest absolute Gasteiger partial charge is 0.319 e. The van der Waals surface area contributed by atoms with Crippen molar-refractivity contribution >= 4 is 17.5 Å². The monoisotopic (exact) mass is 346 g/mol. The van der Waals surface area contributed by atoms with Crippen molar-refractivity contribution in [1.82, 2.24) is 15.1 Å². The highest BCUT2D eigenvalue weighted by atomic mass is 16.2. The van der Waals surface area contributed by atoms with Crippen LogP contribution in [0, 0.1) is 5.92 Å². The largest absolute Gasteiger partial charge is 0.338 e. The molecule has 0 unspecified atom stereocenters. The summed E-state index contributed by atoms with van der Waals surface area (Å²) in [7, 11) is 2.10. The highest BCUT2D eigenvalue weighted by molar-refractivity contribution is 5.98. The molecule has 0 saturated carbocycles. The molecule has 1 heterocycles. The zero-order valence-electron chi connectivity index (χ0n) is 15.5. The molecule has 0 radical (unpaired) electrons. The molecule has 2 N–H and O–H groups in total. The molecule has 138 valence electrons.